The Bertz CT molecular complexity index is 586. The number of amides is 1. The first-order valence-electron chi connectivity index (χ1n) is 8.18. The lowest BCUT2D eigenvalue weighted by Crippen LogP contribution is -2.47. The van der Waals surface area contributed by atoms with Crippen molar-refractivity contribution >= 4 is 35.1 Å². The van der Waals surface area contributed by atoms with E-state index in [0.717, 1.165) is 43.9 Å². The van der Waals surface area contributed by atoms with Crippen LogP contribution in [0.15, 0.2) is 23.2 Å². The van der Waals surface area contributed by atoms with Crippen molar-refractivity contribution < 1.29 is 4.79 Å². The van der Waals surface area contributed by atoms with Crippen molar-refractivity contribution in [3.8, 4) is 0 Å². The van der Waals surface area contributed by atoms with Gasteiger partial charge in [0.15, 0.2) is 5.96 Å². The van der Waals surface area contributed by atoms with Gasteiger partial charge < -0.3 is 16.0 Å². The van der Waals surface area contributed by atoms with Crippen LogP contribution in [0.2, 0.25) is 10.0 Å². The van der Waals surface area contributed by atoms with E-state index in [1.54, 1.807) is 7.05 Å². The molecule has 1 aliphatic heterocycles. The van der Waals surface area contributed by atoms with Crippen LogP contribution in [0.1, 0.15) is 24.8 Å². The van der Waals surface area contributed by atoms with Gasteiger partial charge in [-0.05, 0) is 42.9 Å². The molecule has 0 radical (unpaired) electrons. The first kappa shape index (κ1) is 18.9. The van der Waals surface area contributed by atoms with Gasteiger partial charge in [-0.25, -0.2) is 0 Å². The number of nitrogens with zero attached hydrogens (tertiary/aromatic N) is 2. The summed E-state index contributed by atoms with van der Waals surface area (Å²) in [7, 11) is 1.77. The summed E-state index contributed by atoms with van der Waals surface area (Å²) in [5.74, 6) is 0.901. The van der Waals surface area contributed by atoms with Crippen LogP contribution in [0.25, 0.3) is 0 Å². The Kier molecular flexibility index (Phi) is 7.18. The van der Waals surface area contributed by atoms with Crippen LogP contribution in [0.4, 0.5) is 0 Å². The van der Waals surface area contributed by atoms with Gasteiger partial charge in [0.2, 0.25) is 5.91 Å². The number of aliphatic imine (C=N–C) groups is 1. The number of carbonyl (C=O) groups is 1. The van der Waals surface area contributed by atoms with Gasteiger partial charge in [0, 0.05) is 43.1 Å². The standard InChI is InChI=1S/C17H24Cl2N4O/c1-21-17(23-9-3-4-12(11-23)10-16(20)24)22-8-7-13-14(18)5-2-6-15(13)19/h2,5-6,12H,3-4,7-11H2,1H3,(H2,20,24)(H,21,22). The second-order valence-corrected chi connectivity index (χ2v) is 6.86. The summed E-state index contributed by atoms with van der Waals surface area (Å²) in [5, 5.41) is 4.72. The third-order valence-corrected chi connectivity index (χ3v) is 4.95. The van der Waals surface area contributed by atoms with Gasteiger partial charge in [-0.2, -0.15) is 0 Å². The van der Waals surface area contributed by atoms with Gasteiger partial charge in [0.1, 0.15) is 0 Å². The van der Waals surface area contributed by atoms with Crippen molar-refractivity contribution in [2.75, 3.05) is 26.7 Å². The molecule has 2 rings (SSSR count). The molecule has 0 aliphatic carbocycles. The number of piperidine rings is 1. The van der Waals surface area contributed by atoms with Crippen LogP contribution in [0, 0.1) is 5.92 Å². The Balaban J connectivity index is 1.89. The maximum Gasteiger partial charge on any atom is 0.217 e. The van der Waals surface area contributed by atoms with Crippen LogP contribution >= 0.6 is 23.2 Å². The molecule has 132 valence electrons. The second kappa shape index (κ2) is 9.14. The summed E-state index contributed by atoms with van der Waals surface area (Å²) >= 11 is 12.4. The summed E-state index contributed by atoms with van der Waals surface area (Å²) < 4.78 is 0. The summed E-state index contributed by atoms with van der Waals surface area (Å²) in [5.41, 5.74) is 6.26. The topological polar surface area (TPSA) is 70.7 Å². The molecule has 1 saturated heterocycles. The van der Waals surface area contributed by atoms with E-state index < -0.39 is 0 Å². The van der Waals surface area contributed by atoms with E-state index in [-0.39, 0.29) is 5.91 Å². The fourth-order valence-corrected chi connectivity index (χ4v) is 3.70. The molecule has 1 amide bonds. The molecule has 1 aliphatic rings. The highest BCUT2D eigenvalue weighted by molar-refractivity contribution is 6.35. The smallest absolute Gasteiger partial charge is 0.217 e. The third kappa shape index (κ3) is 5.28. The van der Waals surface area contributed by atoms with Crippen molar-refractivity contribution in [1.29, 1.82) is 0 Å². The lowest BCUT2D eigenvalue weighted by atomic mass is 9.95. The summed E-state index contributed by atoms with van der Waals surface area (Å²) in [6, 6.07) is 5.53. The third-order valence-electron chi connectivity index (χ3n) is 4.24. The first-order valence-corrected chi connectivity index (χ1v) is 8.93. The highest BCUT2D eigenvalue weighted by atomic mass is 35.5. The number of halogens is 2. The Morgan fingerprint density at radius 3 is 2.75 bits per heavy atom. The molecule has 0 saturated carbocycles. The van der Waals surface area contributed by atoms with E-state index in [1.165, 1.54) is 0 Å². The molecule has 5 nitrogen and oxygen atoms in total. The normalized spacial score (nSPS) is 18.5. The fraction of sp³-hybridized carbons (Fsp3) is 0.529. The van der Waals surface area contributed by atoms with E-state index in [0.29, 0.717) is 28.9 Å². The number of primary amides is 1. The van der Waals surface area contributed by atoms with Gasteiger partial charge >= 0.3 is 0 Å². The number of hydrogen-bond donors (Lipinski definition) is 2. The van der Waals surface area contributed by atoms with Crippen LogP contribution in [0.3, 0.4) is 0 Å². The lowest BCUT2D eigenvalue weighted by molar-refractivity contribution is -0.119. The summed E-state index contributed by atoms with van der Waals surface area (Å²) in [6.45, 7) is 2.42. The monoisotopic (exact) mass is 370 g/mol. The van der Waals surface area contributed by atoms with Crippen molar-refractivity contribution in [3.05, 3.63) is 33.8 Å². The summed E-state index contributed by atoms with van der Waals surface area (Å²) in [4.78, 5) is 17.7. The molecular weight excluding hydrogens is 347 g/mol. The van der Waals surface area contributed by atoms with E-state index in [2.05, 4.69) is 15.2 Å². The van der Waals surface area contributed by atoms with E-state index in [1.807, 2.05) is 18.2 Å². The minimum absolute atomic E-state index is 0.238. The maximum atomic E-state index is 11.1. The van der Waals surface area contributed by atoms with Crippen molar-refractivity contribution in [2.24, 2.45) is 16.6 Å². The van der Waals surface area contributed by atoms with E-state index in [9.17, 15) is 4.79 Å². The quantitative estimate of drug-likeness (QED) is 0.618. The molecule has 3 N–H and O–H groups in total. The largest absolute Gasteiger partial charge is 0.370 e. The zero-order valence-electron chi connectivity index (χ0n) is 13.9. The minimum Gasteiger partial charge on any atom is -0.370 e. The summed E-state index contributed by atoms with van der Waals surface area (Å²) in [6.07, 6.45) is 3.22. The van der Waals surface area contributed by atoms with Crippen LogP contribution < -0.4 is 11.1 Å². The molecule has 1 aromatic carbocycles. The maximum absolute atomic E-state index is 11.1. The van der Waals surface area contributed by atoms with Crippen LogP contribution in [-0.4, -0.2) is 43.4 Å². The average Bonchev–Trinajstić information content (AvgIpc) is 2.53. The molecule has 0 bridgehead atoms. The minimum atomic E-state index is -0.238. The number of hydrogen-bond acceptors (Lipinski definition) is 2. The van der Waals surface area contributed by atoms with Gasteiger partial charge in [-0.15, -0.1) is 0 Å². The predicted molar refractivity (Wildman–Crippen MR) is 99.6 cm³/mol. The first-order chi connectivity index (χ1) is 11.5. The number of nitrogens with two attached hydrogens (primary N) is 1. The average molecular weight is 371 g/mol. The molecule has 24 heavy (non-hydrogen) atoms. The zero-order chi connectivity index (χ0) is 17.5. The van der Waals surface area contributed by atoms with Crippen molar-refractivity contribution in [2.45, 2.75) is 25.7 Å². The Hall–Kier alpha value is -1.46. The Morgan fingerprint density at radius 2 is 2.12 bits per heavy atom. The molecule has 0 spiro atoms. The zero-order valence-corrected chi connectivity index (χ0v) is 15.4. The molecule has 0 aromatic heterocycles. The van der Waals surface area contributed by atoms with Gasteiger partial charge in [-0.1, -0.05) is 29.3 Å². The number of likely N-dealkylation sites (tertiary alicyclic amines) is 1. The van der Waals surface area contributed by atoms with Gasteiger partial charge in [-0.3, -0.25) is 9.79 Å². The SMILES string of the molecule is CN=C(NCCc1c(Cl)cccc1Cl)N1CCCC(CC(N)=O)C1. The molecule has 1 fully saturated rings. The fourth-order valence-electron chi connectivity index (χ4n) is 3.11. The molecule has 7 heteroatoms. The molecular formula is C17H24Cl2N4O. The molecule has 1 atom stereocenters. The molecule has 1 unspecified atom stereocenters. The number of nitrogens with one attached hydrogen (secondary N) is 1. The van der Waals surface area contributed by atoms with Crippen LogP contribution in [0.5, 0.6) is 0 Å². The highest BCUT2D eigenvalue weighted by Gasteiger charge is 2.23. The lowest BCUT2D eigenvalue weighted by Gasteiger charge is -2.34. The van der Waals surface area contributed by atoms with Crippen molar-refractivity contribution in [3.63, 3.8) is 0 Å². The van der Waals surface area contributed by atoms with E-state index in [4.69, 9.17) is 28.9 Å². The second-order valence-electron chi connectivity index (χ2n) is 6.05. The van der Waals surface area contributed by atoms with Crippen molar-refractivity contribution in [1.82, 2.24) is 10.2 Å². The molecule has 1 aromatic rings. The predicted octanol–water partition coefficient (Wildman–Crippen LogP) is 2.70. The van der Waals surface area contributed by atoms with Crippen LogP contribution in [-0.2, 0) is 11.2 Å². The number of guanidine groups is 1. The van der Waals surface area contributed by atoms with E-state index >= 15 is 0 Å². The number of carbonyl (C=O) groups excluding carboxylic acids is 1. The Morgan fingerprint density at radius 1 is 1.42 bits per heavy atom. The molecule has 1 heterocycles. The number of rotatable bonds is 5. The highest BCUT2D eigenvalue weighted by Crippen LogP contribution is 2.24. The Labute approximate surface area is 153 Å². The van der Waals surface area contributed by atoms with Gasteiger partial charge in [0.05, 0.1) is 0 Å². The van der Waals surface area contributed by atoms with Gasteiger partial charge in [0.25, 0.3) is 0 Å². The number of benzene rings is 1.